The van der Waals surface area contributed by atoms with Crippen LogP contribution in [0.3, 0.4) is 0 Å². The number of nitrogens with zero attached hydrogens (tertiary/aromatic N) is 2. The Balaban J connectivity index is 0.00000288. The molecule has 1 amide bonds. The van der Waals surface area contributed by atoms with Gasteiger partial charge < -0.3 is 15.0 Å². The van der Waals surface area contributed by atoms with Crippen LogP contribution in [0.5, 0.6) is 5.75 Å². The monoisotopic (exact) mass is 359 g/mol. The summed E-state index contributed by atoms with van der Waals surface area (Å²) in [5.41, 5.74) is 0. The van der Waals surface area contributed by atoms with Crippen molar-refractivity contribution >= 4 is 18.3 Å². The van der Waals surface area contributed by atoms with Crippen LogP contribution in [0.4, 0.5) is 4.39 Å². The number of hydrogen-bond donors (Lipinski definition) is 1. The molecule has 1 aliphatic heterocycles. The molecule has 1 unspecified atom stereocenters. The first-order chi connectivity index (χ1) is 11.1. The Hall–Kier alpha value is -1.37. The first-order valence-electron chi connectivity index (χ1n) is 8.11. The second-order valence-corrected chi connectivity index (χ2v) is 5.96. The third-order valence-electron chi connectivity index (χ3n) is 4.22. The number of benzene rings is 1. The number of carbonyl (C=O) groups is 1. The van der Waals surface area contributed by atoms with Gasteiger partial charge in [-0.2, -0.15) is 0 Å². The number of likely N-dealkylation sites (N-methyl/N-ethyl adjacent to an activating group) is 2. The Labute approximate surface area is 149 Å². The minimum atomic E-state index is -0.382. The molecular weight excluding hydrogens is 333 g/mol. The van der Waals surface area contributed by atoms with E-state index in [1.165, 1.54) is 6.07 Å². The first kappa shape index (κ1) is 20.7. The maximum absolute atomic E-state index is 13.4. The van der Waals surface area contributed by atoms with Crippen LogP contribution >= 0.6 is 12.4 Å². The maximum Gasteiger partial charge on any atom is 0.236 e. The van der Waals surface area contributed by atoms with Gasteiger partial charge in [0.2, 0.25) is 5.91 Å². The normalized spacial score (nSPS) is 17.9. The lowest BCUT2D eigenvalue weighted by molar-refractivity contribution is -0.131. The van der Waals surface area contributed by atoms with Crippen molar-refractivity contribution in [3.05, 3.63) is 30.1 Å². The molecule has 136 valence electrons. The van der Waals surface area contributed by atoms with Crippen LogP contribution in [-0.4, -0.2) is 68.6 Å². The molecule has 1 heterocycles. The zero-order valence-corrected chi connectivity index (χ0v) is 15.2. The summed E-state index contributed by atoms with van der Waals surface area (Å²) in [5.74, 6) is -0.0898. The van der Waals surface area contributed by atoms with E-state index in [1.54, 1.807) is 30.1 Å². The molecule has 1 atom stereocenters. The summed E-state index contributed by atoms with van der Waals surface area (Å²) in [7, 11) is 3.72. The van der Waals surface area contributed by atoms with E-state index in [0.29, 0.717) is 19.1 Å². The highest BCUT2D eigenvalue weighted by Gasteiger charge is 2.21. The van der Waals surface area contributed by atoms with Crippen molar-refractivity contribution in [1.82, 2.24) is 15.1 Å². The summed E-state index contributed by atoms with van der Waals surface area (Å²) >= 11 is 0. The van der Waals surface area contributed by atoms with Gasteiger partial charge in [-0.05, 0) is 38.6 Å². The summed E-state index contributed by atoms with van der Waals surface area (Å²) in [6, 6.07) is 6.75. The van der Waals surface area contributed by atoms with E-state index in [-0.39, 0.29) is 36.5 Å². The standard InChI is InChI=1S/C17H26FN3O2.ClH/c1-19-14-6-5-9-21(12-14)13-17(22)20(2)10-11-23-16-8-4-3-7-15(16)18;/h3-4,7-8,14,19H,5-6,9-13H2,1-2H3;1H. The molecular formula is C17H27ClFN3O2. The Morgan fingerprint density at radius 3 is 2.92 bits per heavy atom. The average Bonchev–Trinajstić information content (AvgIpc) is 2.56. The fourth-order valence-corrected chi connectivity index (χ4v) is 2.73. The Kier molecular flexibility index (Phi) is 9.03. The lowest BCUT2D eigenvalue weighted by Gasteiger charge is -2.33. The molecule has 0 radical (unpaired) electrons. The quantitative estimate of drug-likeness (QED) is 0.806. The highest BCUT2D eigenvalue weighted by atomic mass is 35.5. The first-order valence-corrected chi connectivity index (χ1v) is 8.11. The number of rotatable bonds is 7. The van der Waals surface area contributed by atoms with E-state index in [1.807, 2.05) is 7.05 Å². The highest BCUT2D eigenvalue weighted by molar-refractivity contribution is 5.85. The maximum atomic E-state index is 13.4. The molecule has 0 spiro atoms. The molecule has 0 aromatic heterocycles. The summed E-state index contributed by atoms with van der Waals surface area (Å²) in [6.07, 6.45) is 2.27. The second-order valence-electron chi connectivity index (χ2n) is 5.96. The van der Waals surface area contributed by atoms with E-state index < -0.39 is 0 Å². The number of ether oxygens (including phenoxy) is 1. The zero-order valence-electron chi connectivity index (χ0n) is 14.3. The van der Waals surface area contributed by atoms with Gasteiger partial charge >= 0.3 is 0 Å². The van der Waals surface area contributed by atoms with Gasteiger partial charge in [0.1, 0.15) is 6.61 Å². The third kappa shape index (κ3) is 6.26. The number of amides is 1. The Morgan fingerprint density at radius 1 is 1.46 bits per heavy atom. The summed E-state index contributed by atoms with van der Waals surface area (Å²) in [5, 5.41) is 3.27. The fourth-order valence-electron chi connectivity index (χ4n) is 2.73. The molecule has 0 bridgehead atoms. The van der Waals surface area contributed by atoms with Crippen molar-refractivity contribution < 1.29 is 13.9 Å². The molecule has 1 aromatic carbocycles. The molecule has 1 aliphatic rings. The number of nitrogens with one attached hydrogen (secondary N) is 1. The van der Waals surface area contributed by atoms with Gasteiger partial charge in [0.15, 0.2) is 11.6 Å². The van der Waals surface area contributed by atoms with Gasteiger partial charge in [-0.25, -0.2) is 4.39 Å². The van der Waals surface area contributed by atoms with Crippen LogP contribution < -0.4 is 10.1 Å². The summed E-state index contributed by atoms with van der Waals surface area (Å²) in [6.45, 7) is 3.01. The van der Waals surface area contributed by atoms with Gasteiger partial charge in [0, 0.05) is 19.6 Å². The van der Waals surface area contributed by atoms with Crippen LogP contribution in [-0.2, 0) is 4.79 Å². The molecule has 1 fully saturated rings. The second kappa shape index (κ2) is 10.5. The van der Waals surface area contributed by atoms with Gasteiger partial charge in [-0.1, -0.05) is 12.1 Å². The number of likely N-dealkylation sites (tertiary alicyclic amines) is 1. The number of piperidine rings is 1. The van der Waals surface area contributed by atoms with E-state index in [0.717, 1.165) is 25.9 Å². The van der Waals surface area contributed by atoms with Crippen molar-refractivity contribution in [2.75, 3.05) is 46.9 Å². The third-order valence-corrected chi connectivity index (χ3v) is 4.22. The molecule has 7 heteroatoms. The van der Waals surface area contributed by atoms with Crippen LogP contribution in [0.25, 0.3) is 0 Å². The van der Waals surface area contributed by atoms with Crippen LogP contribution in [0.15, 0.2) is 24.3 Å². The topological polar surface area (TPSA) is 44.8 Å². The van der Waals surface area contributed by atoms with E-state index in [2.05, 4.69) is 10.2 Å². The van der Waals surface area contributed by atoms with Crippen molar-refractivity contribution in [2.24, 2.45) is 0 Å². The molecule has 0 aliphatic carbocycles. The summed E-state index contributed by atoms with van der Waals surface area (Å²) < 4.78 is 18.8. The van der Waals surface area contributed by atoms with Crippen LogP contribution in [0.1, 0.15) is 12.8 Å². The largest absolute Gasteiger partial charge is 0.489 e. The molecule has 5 nitrogen and oxygen atoms in total. The Morgan fingerprint density at radius 2 is 2.21 bits per heavy atom. The molecule has 24 heavy (non-hydrogen) atoms. The van der Waals surface area contributed by atoms with Crippen molar-refractivity contribution in [3.63, 3.8) is 0 Å². The van der Waals surface area contributed by atoms with Crippen LogP contribution in [0.2, 0.25) is 0 Å². The predicted molar refractivity (Wildman–Crippen MR) is 95.3 cm³/mol. The number of halogens is 2. The number of carbonyl (C=O) groups excluding carboxylic acids is 1. The van der Waals surface area contributed by atoms with Crippen molar-refractivity contribution in [1.29, 1.82) is 0 Å². The van der Waals surface area contributed by atoms with Gasteiger partial charge in [0.05, 0.1) is 13.1 Å². The fraction of sp³-hybridized carbons (Fsp3) is 0.588. The molecule has 1 aromatic rings. The smallest absolute Gasteiger partial charge is 0.236 e. The van der Waals surface area contributed by atoms with E-state index in [9.17, 15) is 9.18 Å². The van der Waals surface area contributed by atoms with E-state index >= 15 is 0 Å². The van der Waals surface area contributed by atoms with Crippen LogP contribution in [0, 0.1) is 5.82 Å². The zero-order chi connectivity index (χ0) is 16.7. The van der Waals surface area contributed by atoms with Gasteiger partial charge in [-0.3, -0.25) is 9.69 Å². The predicted octanol–water partition coefficient (Wildman–Crippen LogP) is 1.77. The van der Waals surface area contributed by atoms with Crippen molar-refractivity contribution in [2.45, 2.75) is 18.9 Å². The SMILES string of the molecule is CNC1CCCN(CC(=O)N(C)CCOc2ccccc2F)C1.Cl. The lowest BCUT2D eigenvalue weighted by Crippen LogP contribution is -2.48. The molecule has 2 rings (SSSR count). The average molecular weight is 360 g/mol. The lowest BCUT2D eigenvalue weighted by atomic mass is 10.1. The van der Waals surface area contributed by atoms with Gasteiger partial charge in [-0.15, -0.1) is 12.4 Å². The minimum Gasteiger partial charge on any atom is -0.489 e. The highest BCUT2D eigenvalue weighted by Crippen LogP contribution is 2.15. The molecule has 0 saturated carbocycles. The number of hydrogen-bond acceptors (Lipinski definition) is 4. The summed E-state index contributed by atoms with van der Waals surface area (Å²) in [4.78, 5) is 16.1. The van der Waals surface area contributed by atoms with E-state index in [4.69, 9.17) is 4.74 Å². The Bertz CT molecular complexity index is 518. The minimum absolute atomic E-state index is 0. The molecule has 1 saturated heterocycles. The van der Waals surface area contributed by atoms with Crippen molar-refractivity contribution in [3.8, 4) is 5.75 Å². The number of para-hydroxylation sites is 1. The van der Waals surface area contributed by atoms with Gasteiger partial charge in [0.25, 0.3) is 0 Å². The molecule has 1 N–H and O–H groups in total.